The van der Waals surface area contributed by atoms with Crippen LogP contribution < -0.4 is 10.2 Å². The molecule has 3 aromatic rings. The van der Waals surface area contributed by atoms with Crippen molar-refractivity contribution in [2.75, 3.05) is 23.3 Å². The summed E-state index contributed by atoms with van der Waals surface area (Å²) in [5, 5.41) is 4.30. The van der Waals surface area contributed by atoms with Gasteiger partial charge in [-0.05, 0) is 38.1 Å². The molecule has 2 heterocycles. The van der Waals surface area contributed by atoms with Crippen LogP contribution in [0.2, 0.25) is 0 Å². The Labute approximate surface area is 130 Å². The van der Waals surface area contributed by atoms with Crippen LogP contribution in [0.1, 0.15) is 13.8 Å². The molecule has 5 nitrogen and oxygen atoms in total. The lowest BCUT2D eigenvalue weighted by Gasteiger charge is -2.22. The Kier molecular flexibility index (Phi) is 4.14. The lowest BCUT2D eigenvalue weighted by Crippen LogP contribution is -2.23. The van der Waals surface area contributed by atoms with Gasteiger partial charge in [-0.25, -0.2) is 4.98 Å². The fourth-order valence-corrected chi connectivity index (χ4v) is 2.45. The minimum Gasteiger partial charge on any atom is -0.356 e. The number of aromatic nitrogens is 3. The maximum absolute atomic E-state index is 4.71. The van der Waals surface area contributed by atoms with Crippen LogP contribution in [0.15, 0.2) is 48.8 Å². The maximum Gasteiger partial charge on any atom is 0.229 e. The fourth-order valence-electron chi connectivity index (χ4n) is 2.45. The number of para-hydroxylation sites is 1. The average Bonchev–Trinajstić information content (AvgIpc) is 2.57. The van der Waals surface area contributed by atoms with Gasteiger partial charge in [-0.3, -0.25) is 4.98 Å². The van der Waals surface area contributed by atoms with Crippen LogP contribution in [0.5, 0.6) is 0 Å². The van der Waals surface area contributed by atoms with Gasteiger partial charge in [0.15, 0.2) is 0 Å². The molecule has 3 rings (SSSR count). The first kappa shape index (κ1) is 14.3. The van der Waals surface area contributed by atoms with E-state index >= 15 is 0 Å². The number of benzene rings is 1. The van der Waals surface area contributed by atoms with E-state index in [2.05, 4.69) is 40.1 Å². The van der Waals surface area contributed by atoms with Crippen molar-refractivity contribution in [1.82, 2.24) is 15.0 Å². The Morgan fingerprint density at radius 2 is 1.82 bits per heavy atom. The highest BCUT2D eigenvalue weighted by Gasteiger charge is 2.12. The molecular weight excluding hydrogens is 274 g/mol. The second-order valence-electron chi connectivity index (χ2n) is 4.93. The smallest absolute Gasteiger partial charge is 0.229 e. The molecule has 0 spiro atoms. The van der Waals surface area contributed by atoms with Gasteiger partial charge in [0.05, 0.1) is 17.4 Å². The summed E-state index contributed by atoms with van der Waals surface area (Å²) in [6.07, 6.45) is 3.50. The second kappa shape index (κ2) is 6.39. The molecule has 1 aromatic carbocycles. The summed E-state index contributed by atoms with van der Waals surface area (Å²) in [5.74, 6) is 1.55. The Hall–Kier alpha value is -2.69. The first-order valence-corrected chi connectivity index (χ1v) is 7.50. The van der Waals surface area contributed by atoms with Crippen LogP contribution in [0, 0.1) is 0 Å². The van der Waals surface area contributed by atoms with Crippen molar-refractivity contribution in [2.24, 2.45) is 0 Å². The third-order valence-electron chi connectivity index (χ3n) is 3.56. The van der Waals surface area contributed by atoms with Gasteiger partial charge >= 0.3 is 0 Å². The highest BCUT2D eigenvalue weighted by molar-refractivity contribution is 5.90. The lowest BCUT2D eigenvalue weighted by molar-refractivity contribution is 0.850. The summed E-state index contributed by atoms with van der Waals surface area (Å²) in [5.41, 5.74) is 1.81. The zero-order chi connectivity index (χ0) is 15.4. The summed E-state index contributed by atoms with van der Waals surface area (Å²) < 4.78 is 0. The number of pyridine rings is 1. The third-order valence-corrected chi connectivity index (χ3v) is 3.56. The van der Waals surface area contributed by atoms with Crippen LogP contribution >= 0.6 is 0 Å². The quantitative estimate of drug-likeness (QED) is 0.778. The number of nitrogens with one attached hydrogen (secondary N) is 1. The zero-order valence-corrected chi connectivity index (χ0v) is 12.8. The Balaban J connectivity index is 2.08. The minimum atomic E-state index is 0.591. The van der Waals surface area contributed by atoms with E-state index in [0.717, 1.165) is 35.5 Å². The molecule has 0 radical (unpaired) electrons. The van der Waals surface area contributed by atoms with Crippen molar-refractivity contribution in [3.63, 3.8) is 0 Å². The molecule has 0 saturated carbocycles. The molecule has 22 heavy (non-hydrogen) atoms. The maximum atomic E-state index is 4.71. The second-order valence-corrected chi connectivity index (χ2v) is 4.93. The van der Waals surface area contributed by atoms with Crippen LogP contribution in [-0.2, 0) is 0 Å². The predicted octanol–water partition coefficient (Wildman–Crippen LogP) is 3.61. The first-order valence-electron chi connectivity index (χ1n) is 7.50. The molecule has 1 N–H and O–H groups in total. The van der Waals surface area contributed by atoms with Gasteiger partial charge in [0.2, 0.25) is 5.95 Å². The van der Waals surface area contributed by atoms with Crippen molar-refractivity contribution < 1.29 is 0 Å². The van der Waals surface area contributed by atoms with Gasteiger partial charge in [0.25, 0.3) is 0 Å². The Bertz CT molecular complexity index is 753. The van der Waals surface area contributed by atoms with Crippen molar-refractivity contribution in [1.29, 1.82) is 0 Å². The summed E-state index contributed by atoms with van der Waals surface area (Å²) in [4.78, 5) is 15.7. The summed E-state index contributed by atoms with van der Waals surface area (Å²) >= 11 is 0. The van der Waals surface area contributed by atoms with E-state index in [1.165, 1.54) is 0 Å². The highest BCUT2D eigenvalue weighted by atomic mass is 15.2. The van der Waals surface area contributed by atoms with Gasteiger partial charge in [-0.2, -0.15) is 4.98 Å². The van der Waals surface area contributed by atoms with Gasteiger partial charge in [0, 0.05) is 24.7 Å². The molecular formula is C17H19N5. The molecule has 112 valence electrons. The minimum absolute atomic E-state index is 0.591. The highest BCUT2D eigenvalue weighted by Crippen LogP contribution is 2.26. The van der Waals surface area contributed by atoms with E-state index in [0.29, 0.717) is 5.95 Å². The normalized spacial score (nSPS) is 10.6. The fraction of sp³-hybridized carbons (Fsp3) is 0.235. The van der Waals surface area contributed by atoms with E-state index in [-0.39, 0.29) is 0 Å². The molecule has 0 fully saturated rings. The molecule has 5 heteroatoms. The summed E-state index contributed by atoms with van der Waals surface area (Å²) in [7, 11) is 0. The average molecular weight is 293 g/mol. The van der Waals surface area contributed by atoms with Crippen LogP contribution in [0.25, 0.3) is 10.9 Å². The summed E-state index contributed by atoms with van der Waals surface area (Å²) in [6.45, 7) is 6.08. The molecule has 0 aliphatic heterocycles. The lowest BCUT2D eigenvalue weighted by atomic mass is 10.2. The van der Waals surface area contributed by atoms with E-state index in [1.807, 2.05) is 30.3 Å². The molecule has 0 amide bonds. The Morgan fingerprint density at radius 3 is 2.55 bits per heavy atom. The van der Waals surface area contributed by atoms with Crippen LogP contribution in [-0.4, -0.2) is 28.0 Å². The largest absolute Gasteiger partial charge is 0.356 e. The molecule has 0 aliphatic rings. The number of anilines is 3. The molecule has 0 aliphatic carbocycles. The standard InChI is InChI=1S/C17H19N5/c1-3-22(4-2)16-14-9-5-6-10-15(14)20-17(21-16)19-13-8-7-11-18-12-13/h5-12H,3-4H2,1-2H3,(H,19,20,21). The topological polar surface area (TPSA) is 53.9 Å². The molecule has 0 unspecified atom stereocenters. The molecule has 0 atom stereocenters. The van der Waals surface area contributed by atoms with Crippen molar-refractivity contribution in [3.8, 4) is 0 Å². The van der Waals surface area contributed by atoms with Crippen molar-refractivity contribution in [3.05, 3.63) is 48.8 Å². The first-order chi connectivity index (χ1) is 10.8. The zero-order valence-electron chi connectivity index (χ0n) is 12.8. The molecule has 0 saturated heterocycles. The van der Waals surface area contributed by atoms with Gasteiger partial charge in [-0.15, -0.1) is 0 Å². The monoisotopic (exact) mass is 293 g/mol. The van der Waals surface area contributed by atoms with E-state index in [4.69, 9.17) is 4.98 Å². The van der Waals surface area contributed by atoms with Crippen LogP contribution in [0.3, 0.4) is 0 Å². The number of rotatable bonds is 5. The number of hydrogen-bond acceptors (Lipinski definition) is 5. The molecule has 0 bridgehead atoms. The van der Waals surface area contributed by atoms with Gasteiger partial charge in [0.1, 0.15) is 5.82 Å². The number of nitrogens with zero attached hydrogens (tertiary/aromatic N) is 4. The predicted molar refractivity (Wildman–Crippen MR) is 90.6 cm³/mol. The van der Waals surface area contributed by atoms with E-state index < -0.39 is 0 Å². The van der Waals surface area contributed by atoms with Gasteiger partial charge in [-0.1, -0.05) is 12.1 Å². The number of hydrogen-bond donors (Lipinski definition) is 1. The third kappa shape index (κ3) is 2.83. The van der Waals surface area contributed by atoms with E-state index in [1.54, 1.807) is 12.4 Å². The Morgan fingerprint density at radius 1 is 1.00 bits per heavy atom. The van der Waals surface area contributed by atoms with Crippen LogP contribution in [0.4, 0.5) is 17.5 Å². The SMILES string of the molecule is CCN(CC)c1nc(Nc2cccnc2)nc2ccccc12. The van der Waals surface area contributed by atoms with E-state index in [9.17, 15) is 0 Å². The van der Waals surface area contributed by atoms with Crippen molar-refractivity contribution >= 4 is 28.4 Å². The molecule has 2 aromatic heterocycles. The van der Waals surface area contributed by atoms with Gasteiger partial charge < -0.3 is 10.2 Å². The number of fused-ring (bicyclic) bond motifs is 1. The summed E-state index contributed by atoms with van der Waals surface area (Å²) in [6, 6.07) is 11.9. The van der Waals surface area contributed by atoms with Crippen molar-refractivity contribution in [2.45, 2.75) is 13.8 Å².